The van der Waals surface area contributed by atoms with Crippen LogP contribution in [0.4, 0.5) is 24.5 Å². The minimum atomic E-state index is -4.37. The molecule has 1 N–H and O–H groups in total. The third-order valence-electron chi connectivity index (χ3n) is 2.61. The molecule has 0 aliphatic carbocycles. The summed E-state index contributed by atoms with van der Waals surface area (Å²) in [6, 6.07) is 5.32. The molecule has 0 aliphatic rings. The number of nitrogens with one attached hydrogen (secondary N) is 1. The molecule has 1 aromatic carbocycles. The Morgan fingerprint density at radius 2 is 2.05 bits per heavy atom. The summed E-state index contributed by atoms with van der Waals surface area (Å²) in [5.74, 6) is 0. The van der Waals surface area contributed by atoms with Gasteiger partial charge in [-0.25, -0.2) is 0 Å². The summed E-state index contributed by atoms with van der Waals surface area (Å²) in [6.45, 7) is 0.424. The Kier molecular flexibility index (Phi) is 3.47. The first-order valence-electron chi connectivity index (χ1n) is 5.63. The molecule has 1 aromatic heterocycles. The molecular weight excluding hydrogens is 275 g/mol. The molecular formula is C12H10F3N3O2. The first-order chi connectivity index (χ1) is 9.26. The third-order valence-corrected chi connectivity index (χ3v) is 2.61. The Balaban J connectivity index is 2.50. The van der Waals surface area contributed by atoms with Crippen molar-refractivity contribution < 1.29 is 18.1 Å². The largest absolute Gasteiger partial charge is 0.405 e. The molecule has 0 spiro atoms. The van der Waals surface area contributed by atoms with Crippen molar-refractivity contribution in [1.29, 1.82) is 0 Å². The van der Waals surface area contributed by atoms with Crippen LogP contribution in [0.15, 0.2) is 24.3 Å². The summed E-state index contributed by atoms with van der Waals surface area (Å²) in [7, 11) is 0. The molecule has 0 saturated heterocycles. The normalized spacial score (nSPS) is 11.6. The van der Waals surface area contributed by atoms with Gasteiger partial charge in [0.2, 0.25) is 0 Å². The second kappa shape index (κ2) is 4.95. The number of nitro benzene ring substituents is 1. The molecule has 0 unspecified atom stereocenters. The number of aryl methyl sites for hydroxylation is 1. The van der Waals surface area contributed by atoms with Gasteiger partial charge in [0.05, 0.1) is 10.4 Å². The van der Waals surface area contributed by atoms with Crippen LogP contribution in [0.1, 0.15) is 5.69 Å². The van der Waals surface area contributed by atoms with Gasteiger partial charge >= 0.3 is 6.18 Å². The summed E-state index contributed by atoms with van der Waals surface area (Å²) in [4.78, 5) is 14.3. The van der Waals surface area contributed by atoms with E-state index in [1.54, 1.807) is 6.92 Å². The fourth-order valence-electron chi connectivity index (χ4n) is 1.80. The maximum atomic E-state index is 12.3. The van der Waals surface area contributed by atoms with E-state index in [9.17, 15) is 23.3 Å². The first-order valence-corrected chi connectivity index (χ1v) is 5.63. The van der Waals surface area contributed by atoms with Crippen molar-refractivity contribution in [1.82, 2.24) is 4.98 Å². The molecule has 0 amide bonds. The summed E-state index contributed by atoms with van der Waals surface area (Å²) >= 11 is 0. The molecule has 0 atom stereocenters. The highest BCUT2D eigenvalue weighted by Crippen LogP contribution is 2.28. The van der Waals surface area contributed by atoms with Crippen molar-refractivity contribution in [3.63, 3.8) is 0 Å². The lowest BCUT2D eigenvalue weighted by atomic mass is 10.1. The summed E-state index contributed by atoms with van der Waals surface area (Å²) in [6.07, 6.45) is -4.37. The van der Waals surface area contributed by atoms with Crippen molar-refractivity contribution in [2.45, 2.75) is 13.1 Å². The van der Waals surface area contributed by atoms with Crippen molar-refractivity contribution in [2.75, 3.05) is 11.9 Å². The predicted molar refractivity (Wildman–Crippen MR) is 67.7 cm³/mol. The quantitative estimate of drug-likeness (QED) is 0.693. The Hall–Kier alpha value is -2.38. The molecule has 106 valence electrons. The fraction of sp³-hybridized carbons (Fsp3) is 0.250. The van der Waals surface area contributed by atoms with E-state index in [0.717, 1.165) is 0 Å². The van der Waals surface area contributed by atoms with E-state index >= 15 is 0 Å². The molecule has 2 aromatic rings. The number of hydrogen-bond donors (Lipinski definition) is 1. The van der Waals surface area contributed by atoms with E-state index in [1.165, 1.54) is 24.3 Å². The highest BCUT2D eigenvalue weighted by Gasteiger charge is 2.27. The average molecular weight is 285 g/mol. The van der Waals surface area contributed by atoms with Crippen LogP contribution in [-0.2, 0) is 0 Å². The predicted octanol–water partition coefficient (Wildman–Crippen LogP) is 3.43. The molecule has 0 saturated carbocycles. The summed E-state index contributed by atoms with van der Waals surface area (Å²) in [5.41, 5.74) is 0.906. The molecule has 2 rings (SSSR count). The summed E-state index contributed by atoms with van der Waals surface area (Å²) < 4.78 is 36.8. The van der Waals surface area contributed by atoms with Crippen LogP contribution >= 0.6 is 0 Å². The lowest BCUT2D eigenvalue weighted by Crippen LogP contribution is -2.21. The van der Waals surface area contributed by atoms with E-state index in [4.69, 9.17) is 0 Å². The monoisotopic (exact) mass is 285 g/mol. The number of aromatic nitrogens is 1. The second-order valence-corrected chi connectivity index (χ2v) is 4.24. The lowest BCUT2D eigenvalue weighted by Gasteiger charge is -2.12. The molecule has 0 fully saturated rings. The zero-order valence-corrected chi connectivity index (χ0v) is 10.4. The number of fused-ring (bicyclic) bond motifs is 1. The third kappa shape index (κ3) is 3.14. The van der Waals surface area contributed by atoms with Gasteiger partial charge in [-0.05, 0) is 19.1 Å². The van der Waals surface area contributed by atoms with Gasteiger partial charge in [0.25, 0.3) is 5.69 Å². The van der Waals surface area contributed by atoms with Crippen LogP contribution in [0.5, 0.6) is 0 Å². The minimum absolute atomic E-state index is 0.175. The number of rotatable bonds is 3. The van der Waals surface area contributed by atoms with Crippen LogP contribution in [0.25, 0.3) is 10.9 Å². The molecule has 1 heterocycles. The highest BCUT2D eigenvalue weighted by molar-refractivity contribution is 5.93. The van der Waals surface area contributed by atoms with E-state index in [-0.39, 0.29) is 16.8 Å². The van der Waals surface area contributed by atoms with Crippen LogP contribution in [-0.4, -0.2) is 22.6 Å². The number of alkyl halides is 3. The SMILES string of the molecule is Cc1cc(NCC(F)(F)F)c2cc([N+](=O)[O-])ccc2n1. The van der Waals surface area contributed by atoms with Gasteiger partial charge in [0, 0.05) is 28.9 Å². The highest BCUT2D eigenvalue weighted by atomic mass is 19.4. The number of anilines is 1. The number of pyridine rings is 1. The lowest BCUT2D eigenvalue weighted by molar-refractivity contribution is -0.384. The number of benzene rings is 1. The van der Waals surface area contributed by atoms with Gasteiger partial charge in [-0.1, -0.05) is 0 Å². The van der Waals surface area contributed by atoms with Gasteiger partial charge in [-0.2, -0.15) is 13.2 Å². The number of non-ortho nitro benzene ring substituents is 1. The van der Waals surface area contributed by atoms with Gasteiger partial charge < -0.3 is 5.32 Å². The van der Waals surface area contributed by atoms with E-state index in [2.05, 4.69) is 10.3 Å². The molecule has 0 bridgehead atoms. The smallest absolute Gasteiger partial charge is 0.376 e. The first kappa shape index (κ1) is 14.0. The van der Waals surface area contributed by atoms with E-state index in [1.807, 2.05) is 0 Å². The molecule has 0 radical (unpaired) electrons. The summed E-state index contributed by atoms with van der Waals surface area (Å²) in [5, 5.41) is 13.3. The van der Waals surface area contributed by atoms with Crippen LogP contribution in [0, 0.1) is 17.0 Å². The van der Waals surface area contributed by atoms with E-state index in [0.29, 0.717) is 11.2 Å². The van der Waals surface area contributed by atoms with Crippen LogP contribution in [0.2, 0.25) is 0 Å². The Morgan fingerprint density at radius 3 is 2.65 bits per heavy atom. The zero-order chi connectivity index (χ0) is 14.9. The van der Waals surface area contributed by atoms with Crippen molar-refractivity contribution in [2.24, 2.45) is 0 Å². The van der Waals surface area contributed by atoms with Crippen molar-refractivity contribution >= 4 is 22.3 Å². The standard InChI is InChI=1S/C12H10F3N3O2/c1-7-4-11(16-6-12(13,14)15)9-5-8(18(19)20)2-3-10(9)17-7/h2-5H,6H2,1H3,(H,16,17). The second-order valence-electron chi connectivity index (χ2n) is 4.24. The van der Waals surface area contributed by atoms with Gasteiger partial charge in [0.15, 0.2) is 0 Å². The minimum Gasteiger partial charge on any atom is -0.376 e. The van der Waals surface area contributed by atoms with Crippen molar-refractivity contribution in [3.05, 3.63) is 40.1 Å². The van der Waals surface area contributed by atoms with Gasteiger partial charge in [-0.3, -0.25) is 15.1 Å². The number of nitro groups is 1. The number of hydrogen-bond acceptors (Lipinski definition) is 4. The Bertz CT molecular complexity index is 671. The van der Waals surface area contributed by atoms with Crippen LogP contribution in [0.3, 0.4) is 0 Å². The van der Waals surface area contributed by atoms with Crippen LogP contribution < -0.4 is 5.32 Å². The fourth-order valence-corrected chi connectivity index (χ4v) is 1.80. The van der Waals surface area contributed by atoms with Crippen molar-refractivity contribution in [3.8, 4) is 0 Å². The molecule has 20 heavy (non-hydrogen) atoms. The maximum absolute atomic E-state index is 12.3. The van der Waals surface area contributed by atoms with E-state index < -0.39 is 17.6 Å². The van der Waals surface area contributed by atoms with Gasteiger partial charge in [-0.15, -0.1) is 0 Å². The zero-order valence-electron chi connectivity index (χ0n) is 10.4. The number of halogens is 3. The molecule has 5 nitrogen and oxygen atoms in total. The Morgan fingerprint density at radius 1 is 1.35 bits per heavy atom. The number of nitrogens with zero attached hydrogens (tertiary/aromatic N) is 2. The topological polar surface area (TPSA) is 68.1 Å². The molecule has 8 heteroatoms. The Labute approximate surface area is 111 Å². The molecule has 0 aliphatic heterocycles. The van der Waals surface area contributed by atoms with Gasteiger partial charge in [0.1, 0.15) is 6.54 Å². The average Bonchev–Trinajstić information content (AvgIpc) is 2.34. The maximum Gasteiger partial charge on any atom is 0.405 e.